The van der Waals surface area contributed by atoms with Crippen LogP contribution in [0.3, 0.4) is 0 Å². The van der Waals surface area contributed by atoms with Crippen LogP contribution in [0.1, 0.15) is 438 Å². The van der Waals surface area contributed by atoms with Crippen LogP contribution in [0.4, 0.5) is 0 Å². The minimum atomic E-state index is -0.773. The second kappa shape index (κ2) is 80.6. The summed E-state index contributed by atoms with van der Waals surface area (Å²) in [5.41, 5.74) is 0. The Morgan fingerprint density at radius 1 is 0.267 bits per heavy atom. The fourth-order valence-corrected chi connectivity index (χ4v) is 12.5. The molecule has 0 aliphatic rings. The van der Waals surface area contributed by atoms with Crippen molar-refractivity contribution in [3.05, 3.63) is 72.9 Å². The molecule has 0 aromatic rings. The minimum Gasteiger partial charge on any atom is -0.462 e. The number of hydrogen-bond donors (Lipinski definition) is 1. The summed E-state index contributed by atoms with van der Waals surface area (Å²) in [5, 5.41) is 9.73. The molecule has 0 saturated heterocycles. The van der Waals surface area contributed by atoms with Gasteiger partial charge in [0.15, 0.2) is 6.10 Å². The lowest BCUT2D eigenvalue weighted by Gasteiger charge is -2.15. The van der Waals surface area contributed by atoms with Crippen LogP contribution in [-0.2, 0) is 19.1 Å². The molecule has 0 saturated carbocycles. The van der Waals surface area contributed by atoms with Crippen LogP contribution in [0.5, 0.6) is 0 Å². The van der Waals surface area contributed by atoms with E-state index in [0.29, 0.717) is 12.8 Å². The quantitative estimate of drug-likeness (QED) is 0.0373. The largest absolute Gasteiger partial charge is 0.462 e. The first-order valence-corrected chi connectivity index (χ1v) is 40.5. The zero-order valence-electron chi connectivity index (χ0n) is 60.7. The summed E-state index contributed by atoms with van der Waals surface area (Å²) in [6, 6.07) is 0. The Balaban J connectivity index is 3.38. The van der Waals surface area contributed by atoms with Gasteiger partial charge in [0.2, 0.25) is 0 Å². The summed E-state index contributed by atoms with van der Waals surface area (Å²) in [5.74, 6) is -0.567. The van der Waals surface area contributed by atoms with Crippen LogP contribution in [0.15, 0.2) is 72.9 Å². The molecule has 0 rings (SSSR count). The average molecular weight is 1260 g/mol. The molecule has 0 radical (unpaired) electrons. The van der Waals surface area contributed by atoms with Crippen molar-refractivity contribution < 1.29 is 24.2 Å². The van der Waals surface area contributed by atoms with Crippen molar-refractivity contribution in [1.82, 2.24) is 0 Å². The van der Waals surface area contributed by atoms with E-state index in [2.05, 4.69) is 86.8 Å². The van der Waals surface area contributed by atoms with Gasteiger partial charge in [0.1, 0.15) is 6.61 Å². The van der Waals surface area contributed by atoms with Crippen LogP contribution in [0.25, 0.3) is 0 Å². The van der Waals surface area contributed by atoms with Crippen LogP contribution in [0, 0.1) is 0 Å². The molecule has 0 aliphatic heterocycles. The third kappa shape index (κ3) is 77.8. The van der Waals surface area contributed by atoms with Gasteiger partial charge in [-0.05, 0) is 64.2 Å². The first-order valence-electron chi connectivity index (χ1n) is 40.5. The molecule has 0 amide bonds. The van der Waals surface area contributed by atoms with Gasteiger partial charge in [0, 0.05) is 12.8 Å². The number of rotatable bonds is 76. The maximum absolute atomic E-state index is 12.4. The Hall–Kier alpha value is -2.66. The van der Waals surface area contributed by atoms with E-state index in [1.807, 2.05) is 0 Å². The van der Waals surface area contributed by atoms with Crippen molar-refractivity contribution in [3.8, 4) is 0 Å². The molecule has 90 heavy (non-hydrogen) atoms. The number of unbranched alkanes of at least 4 members (excludes halogenated alkanes) is 56. The smallest absolute Gasteiger partial charge is 0.306 e. The first-order chi connectivity index (χ1) is 44.6. The number of allylic oxidation sites excluding steroid dienone is 12. The standard InChI is InChI=1S/C85H156O5/c1-3-5-7-9-11-13-15-17-19-21-23-25-27-29-31-33-35-37-39-41-42-44-45-47-49-51-53-55-57-59-61-63-65-67-69-71-73-75-77-79-84(87)89-82-83(81-86)90-85(88)80-78-76-74-72-70-68-66-64-62-60-58-56-54-52-50-48-46-43-40-38-36-34-32-30-28-26-24-22-20-18-16-14-12-10-8-6-4-2/h6,8,12,14,18,20,24,26,30,32,36,38,83,86H,3-5,7,9-11,13,15-17,19,21-23,25,27-29,31,33-35,37,39-82H2,1-2H3/b8-6-,14-12-,20-18-,26-24-,32-30-,38-36-. The molecule has 0 bridgehead atoms. The molecule has 5 nitrogen and oxygen atoms in total. The predicted octanol–water partition coefficient (Wildman–Crippen LogP) is 28.6. The molecule has 1 atom stereocenters. The van der Waals surface area contributed by atoms with E-state index in [4.69, 9.17) is 9.47 Å². The highest BCUT2D eigenvalue weighted by Gasteiger charge is 2.16. The Labute approximate surface area is 563 Å². The third-order valence-electron chi connectivity index (χ3n) is 18.5. The van der Waals surface area contributed by atoms with Crippen molar-refractivity contribution in [1.29, 1.82) is 0 Å². The van der Waals surface area contributed by atoms with Gasteiger partial charge in [-0.1, -0.05) is 433 Å². The van der Waals surface area contributed by atoms with Crippen LogP contribution >= 0.6 is 0 Å². The summed E-state index contributed by atoms with van der Waals surface area (Å²) >= 11 is 0. The van der Waals surface area contributed by atoms with Gasteiger partial charge in [0.05, 0.1) is 6.61 Å². The highest BCUT2D eigenvalue weighted by atomic mass is 16.6. The summed E-state index contributed by atoms with van der Waals surface area (Å²) in [6.07, 6.45) is 113. The van der Waals surface area contributed by atoms with Gasteiger partial charge < -0.3 is 14.6 Å². The lowest BCUT2D eigenvalue weighted by molar-refractivity contribution is -0.161. The molecule has 1 N–H and O–H groups in total. The maximum atomic E-state index is 12.4. The van der Waals surface area contributed by atoms with E-state index in [-0.39, 0.29) is 25.2 Å². The third-order valence-corrected chi connectivity index (χ3v) is 18.5. The van der Waals surface area contributed by atoms with E-state index in [9.17, 15) is 14.7 Å². The highest BCUT2D eigenvalue weighted by molar-refractivity contribution is 5.70. The highest BCUT2D eigenvalue weighted by Crippen LogP contribution is 2.20. The molecule has 5 heteroatoms. The van der Waals surface area contributed by atoms with E-state index in [0.717, 1.165) is 70.6 Å². The predicted molar refractivity (Wildman–Crippen MR) is 399 cm³/mol. The van der Waals surface area contributed by atoms with Crippen molar-refractivity contribution in [2.45, 2.75) is 444 Å². The number of carbonyl (C=O) groups is 2. The maximum Gasteiger partial charge on any atom is 0.306 e. The van der Waals surface area contributed by atoms with E-state index >= 15 is 0 Å². The monoisotopic (exact) mass is 1260 g/mol. The molecule has 0 spiro atoms. The zero-order valence-corrected chi connectivity index (χ0v) is 60.7. The fraction of sp³-hybridized carbons (Fsp3) is 0.835. The van der Waals surface area contributed by atoms with Crippen molar-refractivity contribution in [2.24, 2.45) is 0 Å². The van der Waals surface area contributed by atoms with Gasteiger partial charge in [-0.3, -0.25) is 9.59 Å². The number of aliphatic hydroxyl groups excluding tert-OH is 1. The summed E-state index contributed by atoms with van der Waals surface area (Å²) in [4.78, 5) is 24.7. The SMILES string of the molecule is CC/C=C\C/C=C\C/C=C\C/C=C\C/C=C\C/C=C\CCCCCCCCCCCCCCCCCCCCC(=O)OC(CO)COC(=O)CCCCCCCCCCCCCCCCCCCCCCCCCCCCCCCCCCCCCCCCC. The Morgan fingerprint density at radius 3 is 0.722 bits per heavy atom. The lowest BCUT2D eigenvalue weighted by atomic mass is 10.0. The number of esters is 2. The zero-order chi connectivity index (χ0) is 64.7. The molecule has 0 aromatic carbocycles. The van der Waals surface area contributed by atoms with Crippen molar-refractivity contribution >= 4 is 11.9 Å². The normalized spacial score (nSPS) is 12.5. The molecular weight excluding hydrogens is 1100 g/mol. The molecule has 0 aliphatic carbocycles. The summed E-state index contributed by atoms with van der Waals surface area (Å²) in [7, 11) is 0. The van der Waals surface area contributed by atoms with Crippen molar-refractivity contribution in [2.75, 3.05) is 13.2 Å². The van der Waals surface area contributed by atoms with Gasteiger partial charge in [-0.2, -0.15) is 0 Å². The van der Waals surface area contributed by atoms with Crippen molar-refractivity contribution in [3.63, 3.8) is 0 Å². The molecule has 0 heterocycles. The number of ether oxygens (including phenoxy) is 2. The molecule has 526 valence electrons. The summed E-state index contributed by atoms with van der Waals surface area (Å²) < 4.78 is 10.8. The van der Waals surface area contributed by atoms with Crippen LogP contribution in [0.2, 0.25) is 0 Å². The Bertz CT molecular complexity index is 1570. The molecule has 0 fully saturated rings. The van der Waals surface area contributed by atoms with Gasteiger partial charge in [0.25, 0.3) is 0 Å². The summed E-state index contributed by atoms with van der Waals surface area (Å²) in [6.45, 7) is 4.09. The topological polar surface area (TPSA) is 72.8 Å². The molecule has 0 aromatic heterocycles. The van der Waals surface area contributed by atoms with E-state index in [1.54, 1.807) is 0 Å². The van der Waals surface area contributed by atoms with Crippen LogP contribution in [-0.4, -0.2) is 36.4 Å². The average Bonchev–Trinajstić information content (AvgIpc) is 3.62. The lowest BCUT2D eigenvalue weighted by Crippen LogP contribution is -2.28. The minimum absolute atomic E-state index is 0.0610. The second-order valence-electron chi connectivity index (χ2n) is 27.5. The van der Waals surface area contributed by atoms with E-state index < -0.39 is 6.10 Å². The van der Waals surface area contributed by atoms with Gasteiger partial charge in [-0.25, -0.2) is 0 Å². The first kappa shape index (κ1) is 87.3. The fourth-order valence-electron chi connectivity index (χ4n) is 12.5. The Kier molecular flexibility index (Phi) is 78.2. The second-order valence-corrected chi connectivity index (χ2v) is 27.5. The van der Waals surface area contributed by atoms with E-state index in [1.165, 1.54) is 340 Å². The molecular formula is C85H156O5. The Morgan fingerprint density at radius 2 is 0.478 bits per heavy atom. The number of hydrogen-bond acceptors (Lipinski definition) is 5. The van der Waals surface area contributed by atoms with Crippen LogP contribution < -0.4 is 0 Å². The van der Waals surface area contributed by atoms with Gasteiger partial charge >= 0.3 is 11.9 Å². The molecule has 1 unspecified atom stereocenters. The number of aliphatic hydroxyl groups is 1. The van der Waals surface area contributed by atoms with Gasteiger partial charge in [-0.15, -0.1) is 0 Å². The number of carbonyl (C=O) groups excluding carboxylic acids is 2.